The first-order valence-electron chi connectivity index (χ1n) is 13.4. The number of amides is 1. The fraction of sp³-hybridized carbons (Fsp3) is 0.571. The Morgan fingerprint density at radius 2 is 1.92 bits per heavy atom. The molecule has 5 atom stereocenters. The standard InChI is InChI=1S/C28H31F5N4O/c1-16-24-15-36(25-11-18(5-7-34-25)28(31,32)33)8-9-37(24)26(38)27(16)6-4-21(14-27)35-20-3-2-17-10-19(29)12-23(30)22(17)13-20/h5,7,10-12,16,20-21,24,35H,2-4,6,8-9,13-15H2,1H3/t16?,20?,21-,24?,27+/m1/s1. The monoisotopic (exact) mass is 534 g/mol. The summed E-state index contributed by atoms with van der Waals surface area (Å²) < 4.78 is 67.7. The fourth-order valence-electron chi connectivity index (χ4n) is 7.40. The van der Waals surface area contributed by atoms with Crippen LogP contribution in [0.5, 0.6) is 0 Å². The van der Waals surface area contributed by atoms with Crippen molar-refractivity contribution in [2.75, 3.05) is 24.5 Å². The number of nitrogens with one attached hydrogen (secondary N) is 1. The maximum Gasteiger partial charge on any atom is 0.416 e. The first-order chi connectivity index (χ1) is 18.0. The summed E-state index contributed by atoms with van der Waals surface area (Å²) in [7, 11) is 0. The van der Waals surface area contributed by atoms with Crippen molar-refractivity contribution in [2.24, 2.45) is 11.3 Å². The zero-order valence-electron chi connectivity index (χ0n) is 21.2. The summed E-state index contributed by atoms with van der Waals surface area (Å²) in [6, 6.07) is 4.53. The topological polar surface area (TPSA) is 48.5 Å². The maximum absolute atomic E-state index is 14.4. The van der Waals surface area contributed by atoms with E-state index < -0.39 is 28.8 Å². The van der Waals surface area contributed by atoms with Gasteiger partial charge in [-0.3, -0.25) is 4.79 Å². The van der Waals surface area contributed by atoms with Crippen LogP contribution in [-0.4, -0.2) is 53.6 Å². The number of hydrogen-bond donors (Lipinski definition) is 1. The summed E-state index contributed by atoms with van der Waals surface area (Å²) in [4.78, 5) is 21.7. The minimum absolute atomic E-state index is 0.0444. The third-order valence-electron chi connectivity index (χ3n) is 9.44. The highest BCUT2D eigenvalue weighted by Crippen LogP contribution is 2.53. The zero-order chi connectivity index (χ0) is 26.8. The van der Waals surface area contributed by atoms with Gasteiger partial charge in [-0.15, -0.1) is 0 Å². The van der Waals surface area contributed by atoms with Gasteiger partial charge in [0.05, 0.1) is 17.0 Å². The molecule has 0 bridgehead atoms. The van der Waals surface area contributed by atoms with E-state index in [0.717, 1.165) is 43.0 Å². The van der Waals surface area contributed by atoms with Crippen LogP contribution in [-0.2, 0) is 23.8 Å². The fourth-order valence-corrected chi connectivity index (χ4v) is 7.40. The van der Waals surface area contributed by atoms with Gasteiger partial charge in [0.1, 0.15) is 17.5 Å². The SMILES string of the molecule is CC1C2CN(c3cc(C(F)(F)F)ccn3)CCN2C(=O)[C@]12CC[C@@H](NC1CCc3cc(F)cc(F)c3C1)C2. The quantitative estimate of drug-likeness (QED) is 0.579. The molecule has 3 heterocycles. The van der Waals surface area contributed by atoms with E-state index in [1.54, 1.807) is 0 Å². The number of hydrogen-bond acceptors (Lipinski definition) is 4. The zero-order valence-corrected chi connectivity index (χ0v) is 21.2. The van der Waals surface area contributed by atoms with Crippen molar-refractivity contribution in [1.82, 2.24) is 15.2 Å². The molecule has 1 N–H and O–H groups in total. The van der Waals surface area contributed by atoms with Crippen LogP contribution in [0, 0.1) is 23.0 Å². The number of piperazine rings is 1. The molecule has 2 saturated heterocycles. The summed E-state index contributed by atoms with van der Waals surface area (Å²) in [5.41, 5.74) is 0.0888. The van der Waals surface area contributed by atoms with Gasteiger partial charge in [0.15, 0.2) is 0 Å². The van der Waals surface area contributed by atoms with Gasteiger partial charge < -0.3 is 15.1 Å². The molecule has 0 radical (unpaired) electrons. The lowest BCUT2D eigenvalue weighted by molar-refractivity contribution is -0.138. The second kappa shape index (κ2) is 9.17. The Morgan fingerprint density at radius 1 is 1.11 bits per heavy atom. The Hall–Kier alpha value is -2.75. The van der Waals surface area contributed by atoms with Gasteiger partial charge in [-0.2, -0.15) is 13.2 Å². The number of alkyl halides is 3. The Labute approximate surface area is 218 Å². The van der Waals surface area contributed by atoms with Crippen LogP contribution in [0.25, 0.3) is 0 Å². The van der Waals surface area contributed by atoms with E-state index in [9.17, 15) is 26.7 Å². The molecular formula is C28H31F5N4O. The van der Waals surface area contributed by atoms with Gasteiger partial charge >= 0.3 is 6.18 Å². The third kappa shape index (κ3) is 4.25. The highest BCUT2D eigenvalue weighted by molar-refractivity contribution is 5.87. The van der Waals surface area contributed by atoms with Crippen molar-refractivity contribution in [3.8, 4) is 0 Å². The molecular weight excluding hydrogens is 503 g/mol. The molecule has 1 spiro atoms. The Bertz CT molecular complexity index is 1250. The van der Waals surface area contributed by atoms with E-state index in [4.69, 9.17) is 0 Å². The van der Waals surface area contributed by atoms with Gasteiger partial charge in [0, 0.05) is 44.0 Å². The molecule has 2 aromatic rings. The summed E-state index contributed by atoms with van der Waals surface area (Å²) in [5.74, 6) is -0.561. The van der Waals surface area contributed by atoms with Crippen LogP contribution in [0.15, 0.2) is 30.5 Å². The first kappa shape index (κ1) is 25.5. The second-order valence-electron chi connectivity index (χ2n) is 11.4. The number of nitrogens with zero attached hydrogens (tertiary/aromatic N) is 3. The molecule has 3 fully saturated rings. The average molecular weight is 535 g/mol. The van der Waals surface area contributed by atoms with E-state index >= 15 is 0 Å². The van der Waals surface area contributed by atoms with Crippen molar-refractivity contribution >= 4 is 11.7 Å². The number of fused-ring (bicyclic) bond motifs is 2. The highest BCUT2D eigenvalue weighted by atomic mass is 19.4. The predicted octanol–water partition coefficient (Wildman–Crippen LogP) is 4.73. The number of aromatic nitrogens is 1. The summed E-state index contributed by atoms with van der Waals surface area (Å²) in [5, 5.41) is 3.67. The lowest BCUT2D eigenvalue weighted by Crippen LogP contribution is -2.53. The average Bonchev–Trinajstić information content (AvgIpc) is 3.39. The van der Waals surface area contributed by atoms with Gasteiger partial charge in [-0.05, 0) is 73.8 Å². The molecule has 1 amide bonds. The molecule has 1 aromatic carbocycles. The molecule has 4 aliphatic rings. The minimum Gasteiger partial charge on any atom is -0.353 e. The van der Waals surface area contributed by atoms with E-state index in [1.165, 1.54) is 12.3 Å². The first-order valence-corrected chi connectivity index (χ1v) is 13.4. The largest absolute Gasteiger partial charge is 0.416 e. The van der Waals surface area contributed by atoms with Crippen molar-refractivity contribution in [3.63, 3.8) is 0 Å². The van der Waals surface area contributed by atoms with E-state index in [2.05, 4.69) is 17.2 Å². The number of carbonyl (C=O) groups excluding carboxylic acids is 1. The predicted molar refractivity (Wildman–Crippen MR) is 131 cm³/mol. The molecule has 1 aromatic heterocycles. The van der Waals surface area contributed by atoms with Crippen molar-refractivity contribution in [3.05, 3.63) is 58.8 Å². The van der Waals surface area contributed by atoms with Gasteiger partial charge in [-0.25, -0.2) is 13.8 Å². The van der Waals surface area contributed by atoms with Crippen LogP contribution < -0.4 is 10.2 Å². The van der Waals surface area contributed by atoms with E-state index in [1.807, 2.05) is 9.80 Å². The third-order valence-corrected chi connectivity index (χ3v) is 9.44. The molecule has 38 heavy (non-hydrogen) atoms. The molecule has 3 unspecified atom stereocenters. The Morgan fingerprint density at radius 3 is 2.71 bits per heavy atom. The number of pyridine rings is 1. The number of benzene rings is 1. The van der Waals surface area contributed by atoms with Crippen molar-refractivity contribution in [2.45, 2.75) is 69.8 Å². The number of carbonyl (C=O) groups is 1. The summed E-state index contributed by atoms with van der Waals surface area (Å²) in [6.45, 7) is 3.45. The lowest BCUT2D eigenvalue weighted by atomic mass is 9.74. The molecule has 2 aliphatic heterocycles. The molecule has 2 aliphatic carbocycles. The molecule has 10 heteroatoms. The number of aryl methyl sites for hydroxylation is 1. The molecule has 5 nitrogen and oxygen atoms in total. The van der Waals surface area contributed by atoms with Crippen LogP contribution in [0.2, 0.25) is 0 Å². The summed E-state index contributed by atoms with van der Waals surface area (Å²) in [6.07, 6.45) is 0.940. The van der Waals surface area contributed by atoms with Crippen LogP contribution in [0.1, 0.15) is 49.3 Å². The molecule has 1 saturated carbocycles. The maximum atomic E-state index is 14.4. The molecule has 204 valence electrons. The number of halogens is 5. The van der Waals surface area contributed by atoms with E-state index in [-0.39, 0.29) is 35.8 Å². The van der Waals surface area contributed by atoms with Crippen LogP contribution in [0.4, 0.5) is 27.8 Å². The van der Waals surface area contributed by atoms with Gasteiger partial charge in [-0.1, -0.05) is 6.92 Å². The molecule has 6 rings (SSSR count). The van der Waals surface area contributed by atoms with E-state index in [0.29, 0.717) is 44.5 Å². The second-order valence-corrected chi connectivity index (χ2v) is 11.4. The number of rotatable bonds is 3. The van der Waals surface area contributed by atoms with Gasteiger partial charge in [0.2, 0.25) is 5.91 Å². The van der Waals surface area contributed by atoms with Crippen molar-refractivity contribution in [1.29, 1.82) is 0 Å². The Kier molecular flexibility index (Phi) is 6.16. The highest BCUT2D eigenvalue weighted by Gasteiger charge is 2.60. The minimum atomic E-state index is -4.44. The van der Waals surface area contributed by atoms with Crippen LogP contribution in [0.3, 0.4) is 0 Å². The number of anilines is 1. The van der Waals surface area contributed by atoms with Crippen molar-refractivity contribution < 1.29 is 26.7 Å². The Balaban J connectivity index is 1.14. The smallest absolute Gasteiger partial charge is 0.353 e. The van der Waals surface area contributed by atoms with Crippen LogP contribution >= 0.6 is 0 Å². The summed E-state index contributed by atoms with van der Waals surface area (Å²) >= 11 is 0. The lowest BCUT2D eigenvalue weighted by Gasteiger charge is -2.39. The normalized spacial score (nSPS) is 31.2. The van der Waals surface area contributed by atoms with Gasteiger partial charge in [0.25, 0.3) is 0 Å².